The molecule has 2 aromatic rings. The summed E-state index contributed by atoms with van der Waals surface area (Å²) in [5.41, 5.74) is 0.259. The predicted octanol–water partition coefficient (Wildman–Crippen LogP) is 3.59. The smallest absolute Gasteiger partial charge is 0.252 e. The summed E-state index contributed by atoms with van der Waals surface area (Å²) in [6.45, 7) is 0. The molecule has 0 aliphatic heterocycles. The highest BCUT2D eigenvalue weighted by molar-refractivity contribution is 7.92. The summed E-state index contributed by atoms with van der Waals surface area (Å²) >= 11 is 17.4. The first-order chi connectivity index (χ1) is 10.7. The Morgan fingerprint density at radius 2 is 1.39 bits per heavy atom. The number of nitrogens with one attached hydrogen (secondary N) is 1. The third-order valence-corrected chi connectivity index (χ3v) is 6.04. The van der Waals surface area contributed by atoms with Gasteiger partial charge < -0.3 is 5.32 Å². The molecule has 23 heavy (non-hydrogen) atoms. The Morgan fingerprint density at radius 3 is 1.87 bits per heavy atom. The van der Waals surface area contributed by atoms with Crippen molar-refractivity contribution in [2.45, 2.75) is 14.1 Å². The van der Waals surface area contributed by atoms with Gasteiger partial charge in [-0.1, -0.05) is 71.2 Å². The predicted molar refractivity (Wildman–Crippen MR) is 91.6 cm³/mol. The summed E-state index contributed by atoms with van der Waals surface area (Å²) in [5.74, 6) is -0.651. The van der Waals surface area contributed by atoms with Crippen molar-refractivity contribution in [3.05, 3.63) is 66.2 Å². The SMILES string of the molecule is O=C(N[C@@H](C(Cl)(Cl)Cl)S(=O)(=O)c1ccccc1)c1ccccc1. The van der Waals surface area contributed by atoms with Gasteiger partial charge in [0.2, 0.25) is 13.6 Å². The molecule has 0 spiro atoms. The van der Waals surface area contributed by atoms with Crippen molar-refractivity contribution in [2.75, 3.05) is 0 Å². The molecule has 0 saturated heterocycles. The highest BCUT2D eigenvalue weighted by atomic mass is 35.6. The van der Waals surface area contributed by atoms with Crippen molar-refractivity contribution in [2.24, 2.45) is 0 Å². The average molecular weight is 393 g/mol. The minimum Gasteiger partial charge on any atom is -0.332 e. The van der Waals surface area contributed by atoms with Gasteiger partial charge in [-0.25, -0.2) is 8.42 Å². The molecule has 1 amide bonds. The fraction of sp³-hybridized carbons (Fsp3) is 0.133. The zero-order valence-electron chi connectivity index (χ0n) is 11.6. The summed E-state index contributed by atoms with van der Waals surface area (Å²) in [6.07, 6.45) is 0. The number of sulfone groups is 1. The number of benzene rings is 2. The lowest BCUT2D eigenvalue weighted by Gasteiger charge is -2.25. The van der Waals surface area contributed by atoms with E-state index in [1.165, 1.54) is 24.3 Å². The Bertz CT molecular complexity index is 775. The fourth-order valence-electron chi connectivity index (χ4n) is 1.87. The fourth-order valence-corrected chi connectivity index (χ4v) is 4.52. The second-order valence-electron chi connectivity index (χ2n) is 4.62. The number of hydrogen-bond donors (Lipinski definition) is 1. The van der Waals surface area contributed by atoms with Crippen LogP contribution in [0.15, 0.2) is 65.6 Å². The molecule has 1 atom stereocenters. The maximum Gasteiger partial charge on any atom is 0.252 e. The second-order valence-corrected chi connectivity index (χ2v) is 9.02. The molecule has 2 rings (SSSR count). The molecule has 0 aliphatic rings. The quantitative estimate of drug-likeness (QED) is 0.809. The van der Waals surface area contributed by atoms with Gasteiger partial charge in [0.05, 0.1) is 4.90 Å². The molecular formula is C15H12Cl3NO3S. The van der Waals surface area contributed by atoms with Crippen LogP contribution in [0.2, 0.25) is 0 Å². The first kappa shape index (κ1) is 18.1. The van der Waals surface area contributed by atoms with Crippen molar-refractivity contribution in [3.63, 3.8) is 0 Å². The molecule has 0 saturated carbocycles. The normalized spacial score (nSPS) is 13.3. The molecule has 8 heteroatoms. The third kappa shape index (κ3) is 4.38. The van der Waals surface area contributed by atoms with Crippen LogP contribution < -0.4 is 5.32 Å². The highest BCUT2D eigenvalue weighted by Gasteiger charge is 2.44. The average Bonchev–Trinajstić information content (AvgIpc) is 2.53. The van der Waals surface area contributed by atoms with Crippen molar-refractivity contribution in [3.8, 4) is 0 Å². The van der Waals surface area contributed by atoms with Crippen LogP contribution in [0.4, 0.5) is 0 Å². The maximum absolute atomic E-state index is 12.7. The Morgan fingerprint density at radius 1 is 0.913 bits per heavy atom. The van der Waals surface area contributed by atoms with E-state index in [2.05, 4.69) is 5.32 Å². The zero-order valence-corrected chi connectivity index (χ0v) is 14.7. The van der Waals surface area contributed by atoms with E-state index in [1.54, 1.807) is 36.4 Å². The molecule has 122 valence electrons. The van der Waals surface area contributed by atoms with E-state index in [1.807, 2.05) is 0 Å². The van der Waals surface area contributed by atoms with E-state index in [-0.39, 0.29) is 10.5 Å². The van der Waals surface area contributed by atoms with Crippen molar-refractivity contribution >= 4 is 50.5 Å². The van der Waals surface area contributed by atoms with Crippen molar-refractivity contribution < 1.29 is 13.2 Å². The lowest BCUT2D eigenvalue weighted by molar-refractivity contribution is 0.0948. The molecule has 4 nitrogen and oxygen atoms in total. The molecule has 0 aromatic heterocycles. The van der Waals surface area contributed by atoms with Gasteiger partial charge in [0.1, 0.15) is 0 Å². The number of carbonyl (C=O) groups excluding carboxylic acids is 1. The minimum atomic E-state index is -4.09. The van der Waals surface area contributed by atoms with E-state index in [9.17, 15) is 13.2 Å². The van der Waals surface area contributed by atoms with Crippen molar-refractivity contribution in [1.82, 2.24) is 5.32 Å². The van der Waals surface area contributed by atoms with Crippen LogP contribution in [-0.2, 0) is 9.84 Å². The largest absolute Gasteiger partial charge is 0.332 e. The topological polar surface area (TPSA) is 63.2 Å². The first-order valence-electron chi connectivity index (χ1n) is 6.44. The van der Waals surface area contributed by atoms with Gasteiger partial charge >= 0.3 is 0 Å². The van der Waals surface area contributed by atoms with Crippen LogP contribution in [-0.4, -0.2) is 23.5 Å². The Balaban J connectivity index is 2.38. The molecule has 0 bridgehead atoms. The highest BCUT2D eigenvalue weighted by Crippen LogP contribution is 2.35. The summed E-state index contributed by atoms with van der Waals surface area (Å²) in [5, 5.41) is 0.563. The van der Waals surface area contributed by atoms with Gasteiger partial charge in [0.15, 0.2) is 5.37 Å². The standard InChI is InChI=1S/C15H12Cl3NO3S/c16-15(17,18)14(19-13(20)11-7-3-1-4-8-11)23(21,22)12-9-5-2-6-10-12/h1-10,14H,(H,19,20)/t14-/m1/s1. The van der Waals surface area contributed by atoms with E-state index in [0.29, 0.717) is 0 Å². The third-order valence-electron chi connectivity index (χ3n) is 2.98. The number of carbonyl (C=O) groups is 1. The minimum absolute atomic E-state index is 0.0512. The summed E-state index contributed by atoms with van der Waals surface area (Å²) < 4.78 is 23.1. The first-order valence-corrected chi connectivity index (χ1v) is 9.12. The summed E-state index contributed by atoms with van der Waals surface area (Å²) in [4.78, 5) is 12.2. The molecule has 0 radical (unpaired) electrons. The van der Waals surface area contributed by atoms with Gasteiger partial charge in [-0.15, -0.1) is 0 Å². The molecular weight excluding hydrogens is 381 g/mol. The van der Waals surface area contributed by atoms with Gasteiger partial charge in [0.25, 0.3) is 5.91 Å². The van der Waals surface area contributed by atoms with E-state index >= 15 is 0 Å². The molecule has 1 N–H and O–H groups in total. The molecule has 0 unspecified atom stereocenters. The lowest BCUT2D eigenvalue weighted by atomic mass is 10.2. The lowest BCUT2D eigenvalue weighted by Crippen LogP contribution is -2.49. The van der Waals surface area contributed by atoms with Gasteiger partial charge in [-0.2, -0.15) is 0 Å². The molecule has 0 heterocycles. The second kappa shape index (κ2) is 7.09. The van der Waals surface area contributed by atoms with E-state index < -0.39 is 24.9 Å². The van der Waals surface area contributed by atoms with E-state index in [0.717, 1.165) is 0 Å². The summed E-state index contributed by atoms with van der Waals surface area (Å²) in [7, 11) is -4.09. The monoisotopic (exact) mass is 391 g/mol. The summed E-state index contributed by atoms with van der Waals surface area (Å²) in [6, 6.07) is 15.6. The van der Waals surface area contributed by atoms with Gasteiger partial charge in [-0.05, 0) is 24.3 Å². The van der Waals surface area contributed by atoms with Crippen LogP contribution in [0.3, 0.4) is 0 Å². The number of amides is 1. The molecule has 0 fully saturated rings. The van der Waals surface area contributed by atoms with Gasteiger partial charge in [-0.3, -0.25) is 4.79 Å². The number of rotatable bonds is 4. The van der Waals surface area contributed by atoms with E-state index in [4.69, 9.17) is 34.8 Å². The van der Waals surface area contributed by atoms with Crippen LogP contribution >= 0.6 is 34.8 Å². The number of halogens is 3. The zero-order chi connectivity index (χ0) is 17.1. The molecule has 0 aliphatic carbocycles. The van der Waals surface area contributed by atoms with Crippen LogP contribution in [0.25, 0.3) is 0 Å². The Labute approximate surface area is 149 Å². The van der Waals surface area contributed by atoms with Crippen molar-refractivity contribution in [1.29, 1.82) is 0 Å². The van der Waals surface area contributed by atoms with Crippen LogP contribution in [0.1, 0.15) is 10.4 Å². The Kier molecular flexibility index (Phi) is 5.57. The van der Waals surface area contributed by atoms with Crippen LogP contribution in [0.5, 0.6) is 0 Å². The number of alkyl halides is 3. The van der Waals surface area contributed by atoms with Crippen LogP contribution in [0, 0.1) is 0 Å². The number of hydrogen-bond acceptors (Lipinski definition) is 3. The Hall–Kier alpha value is -1.27. The maximum atomic E-state index is 12.7. The van der Waals surface area contributed by atoms with Gasteiger partial charge in [0, 0.05) is 5.56 Å². The molecule has 2 aromatic carbocycles.